The summed E-state index contributed by atoms with van der Waals surface area (Å²) in [5, 5.41) is 3.74. The third-order valence-corrected chi connectivity index (χ3v) is 4.26. The number of hydrogen-bond acceptors (Lipinski definition) is 4. The van der Waals surface area contributed by atoms with Crippen LogP contribution in [0, 0.1) is 6.92 Å². The number of nitrogens with zero attached hydrogens (tertiary/aromatic N) is 1. The molecule has 0 radical (unpaired) electrons. The van der Waals surface area contributed by atoms with E-state index in [1.165, 1.54) is 6.08 Å². The van der Waals surface area contributed by atoms with E-state index in [9.17, 15) is 13.2 Å². The lowest BCUT2D eigenvalue weighted by Crippen LogP contribution is -2.26. The van der Waals surface area contributed by atoms with Crippen molar-refractivity contribution in [3.63, 3.8) is 0 Å². The van der Waals surface area contributed by atoms with E-state index in [0.717, 1.165) is 16.5 Å². The van der Waals surface area contributed by atoms with Gasteiger partial charge < -0.3 is 5.32 Å². The lowest BCUT2D eigenvalue weighted by atomic mass is 10.2. The van der Waals surface area contributed by atoms with Crippen LogP contribution in [0.3, 0.4) is 0 Å². The fourth-order valence-electron chi connectivity index (χ4n) is 1.90. The second-order valence-corrected chi connectivity index (χ2v) is 6.77. The van der Waals surface area contributed by atoms with Crippen LogP contribution in [-0.4, -0.2) is 25.9 Å². The Hall–Kier alpha value is -2.51. The molecule has 126 valence electrons. The molecule has 0 saturated carbocycles. The van der Waals surface area contributed by atoms with Gasteiger partial charge in [-0.15, -0.1) is 0 Å². The molecule has 1 amide bonds. The number of amides is 1. The molecular weight excluding hydrogens is 326 g/mol. The SMILES string of the molecule is Cc1cccnc1NC(=O)CCNS(=O)(=O)/C=C/c1ccccc1. The zero-order chi connectivity index (χ0) is 17.4. The van der Waals surface area contributed by atoms with Crippen LogP contribution >= 0.6 is 0 Å². The Bertz CT molecular complexity index is 818. The van der Waals surface area contributed by atoms with Crippen LogP contribution in [0.4, 0.5) is 5.82 Å². The van der Waals surface area contributed by atoms with Gasteiger partial charge in [-0.05, 0) is 30.2 Å². The number of rotatable bonds is 7. The Kier molecular flexibility index (Phi) is 6.22. The Morgan fingerprint density at radius 3 is 2.62 bits per heavy atom. The quantitative estimate of drug-likeness (QED) is 0.806. The average Bonchev–Trinajstić information content (AvgIpc) is 2.56. The molecule has 0 aliphatic rings. The first-order chi connectivity index (χ1) is 11.5. The van der Waals surface area contributed by atoms with Crippen LogP contribution in [0.15, 0.2) is 54.1 Å². The predicted octanol–water partition coefficient (Wildman–Crippen LogP) is 2.31. The van der Waals surface area contributed by atoms with Gasteiger partial charge in [-0.25, -0.2) is 18.1 Å². The summed E-state index contributed by atoms with van der Waals surface area (Å²) >= 11 is 0. The monoisotopic (exact) mass is 345 g/mol. The lowest BCUT2D eigenvalue weighted by Gasteiger charge is -2.07. The van der Waals surface area contributed by atoms with Gasteiger partial charge in [0.2, 0.25) is 15.9 Å². The zero-order valence-corrected chi connectivity index (χ0v) is 14.1. The summed E-state index contributed by atoms with van der Waals surface area (Å²) in [6.45, 7) is 1.85. The van der Waals surface area contributed by atoms with Crippen molar-refractivity contribution in [1.82, 2.24) is 9.71 Å². The summed E-state index contributed by atoms with van der Waals surface area (Å²) in [5.41, 5.74) is 1.63. The second-order valence-electron chi connectivity index (χ2n) is 5.12. The molecule has 2 rings (SSSR count). The van der Waals surface area contributed by atoms with E-state index in [1.54, 1.807) is 24.4 Å². The van der Waals surface area contributed by atoms with Crippen molar-refractivity contribution in [2.24, 2.45) is 0 Å². The Balaban J connectivity index is 1.81. The molecule has 1 aromatic carbocycles. The van der Waals surface area contributed by atoms with E-state index in [2.05, 4.69) is 15.0 Å². The van der Waals surface area contributed by atoms with E-state index in [0.29, 0.717) is 5.82 Å². The maximum absolute atomic E-state index is 11.9. The number of nitrogens with one attached hydrogen (secondary N) is 2. The lowest BCUT2D eigenvalue weighted by molar-refractivity contribution is -0.116. The molecule has 1 heterocycles. The number of hydrogen-bond donors (Lipinski definition) is 2. The van der Waals surface area contributed by atoms with Gasteiger partial charge >= 0.3 is 0 Å². The van der Waals surface area contributed by atoms with E-state index in [-0.39, 0.29) is 18.9 Å². The highest BCUT2D eigenvalue weighted by molar-refractivity contribution is 7.92. The first kappa shape index (κ1) is 17.8. The molecule has 0 spiro atoms. The van der Waals surface area contributed by atoms with Crippen LogP contribution < -0.4 is 10.0 Å². The highest BCUT2D eigenvalue weighted by Gasteiger charge is 2.08. The van der Waals surface area contributed by atoms with E-state index < -0.39 is 10.0 Å². The third-order valence-electron chi connectivity index (χ3n) is 3.16. The predicted molar refractivity (Wildman–Crippen MR) is 94.6 cm³/mol. The summed E-state index contributed by atoms with van der Waals surface area (Å²) in [6, 6.07) is 12.7. The number of anilines is 1. The molecule has 0 aliphatic heterocycles. The minimum absolute atomic E-state index is 0.0131. The standard InChI is InChI=1S/C17H19N3O3S/c1-14-6-5-11-18-17(14)20-16(21)9-12-19-24(22,23)13-10-15-7-3-2-4-8-15/h2-8,10-11,13,19H,9,12H2,1H3,(H,18,20,21)/b13-10+. The van der Waals surface area contributed by atoms with Crippen LogP contribution in [-0.2, 0) is 14.8 Å². The van der Waals surface area contributed by atoms with Crippen LogP contribution in [0.2, 0.25) is 0 Å². The first-order valence-electron chi connectivity index (χ1n) is 7.40. The fourth-order valence-corrected chi connectivity index (χ4v) is 2.72. The van der Waals surface area contributed by atoms with Crippen molar-refractivity contribution in [2.45, 2.75) is 13.3 Å². The maximum Gasteiger partial charge on any atom is 0.233 e. The minimum atomic E-state index is -3.58. The number of sulfonamides is 1. The molecule has 2 aromatic rings. The second kappa shape index (κ2) is 8.37. The smallest absolute Gasteiger partial charge is 0.233 e. The van der Waals surface area contributed by atoms with E-state index >= 15 is 0 Å². The summed E-state index contributed by atoms with van der Waals surface area (Å²) < 4.78 is 26.1. The number of carbonyl (C=O) groups excluding carboxylic acids is 1. The van der Waals surface area contributed by atoms with Gasteiger partial charge in [0.25, 0.3) is 0 Å². The highest BCUT2D eigenvalue weighted by atomic mass is 32.2. The number of aromatic nitrogens is 1. The van der Waals surface area contributed by atoms with Gasteiger partial charge in [-0.1, -0.05) is 36.4 Å². The molecule has 0 unspecified atom stereocenters. The number of benzene rings is 1. The molecule has 0 atom stereocenters. The largest absolute Gasteiger partial charge is 0.310 e. The summed E-state index contributed by atoms with van der Waals surface area (Å²) in [6.07, 6.45) is 3.10. The molecule has 0 aliphatic carbocycles. The number of pyridine rings is 1. The van der Waals surface area contributed by atoms with E-state index in [4.69, 9.17) is 0 Å². The average molecular weight is 345 g/mol. The Labute approximate surface area is 141 Å². The first-order valence-corrected chi connectivity index (χ1v) is 8.95. The minimum Gasteiger partial charge on any atom is -0.310 e. The van der Waals surface area contributed by atoms with Crippen LogP contribution in [0.1, 0.15) is 17.5 Å². The molecule has 24 heavy (non-hydrogen) atoms. The van der Waals surface area contributed by atoms with Crippen LogP contribution in [0.5, 0.6) is 0 Å². The fraction of sp³-hybridized carbons (Fsp3) is 0.176. The molecule has 0 saturated heterocycles. The normalized spacial score (nSPS) is 11.5. The third kappa shape index (κ3) is 5.94. The van der Waals surface area contributed by atoms with Gasteiger partial charge in [-0.2, -0.15) is 0 Å². The van der Waals surface area contributed by atoms with Gasteiger partial charge in [0.15, 0.2) is 0 Å². The summed E-state index contributed by atoms with van der Waals surface area (Å²) in [7, 11) is -3.58. The summed E-state index contributed by atoms with van der Waals surface area (Å²) in [4.78, 5) is 15.9. The molecule has 7 heteroatoms. The molecule has 0 fully saturated rings. The van der Waals surface area contributed by atoms with Gasteiger partial charge in [0, 0.05) is 24.6 Å². The van der Waals surface area contributed by atoms with Crippen molar-refractivity contribution in [3.8, 4) is 0 Å². The maximum atomic E-state index is 11.9. The zero-order valence-electron chi connectivity index (χ0n) is 13.3. The molecule has 2 N–H and O–H groups in total. The van der Waals surface area contributed by atoms with Crippen molar-refractivity contribution in [1.29, 1.82) is 0 Å². The molecule has 0 bridgehead atoms. The number of aryl methyl sites for hydroxylation is 1. The summed E-state index contributed by atoms with van der Waals surface area (Å²) in [5.74, 6) is 0.181. The van der Waals surface area contributed by atoms with Gasteiger partial charge in [0.1, 0.15) is 5.82 Å². The van der Waals surface area contributed by atoms with Crippen molar-refractivity contribution in [3.05, 3.63) is 65.2 Å². The van der Waals surface area contributed by atoms with Crippen LogP contribution in [0.25, 0.3) is 6.08 Å². The number of carbonyl (C=O) groups is 1. The molecule has 6 nitrogen and oxygen atoms in total. The molecule has 1 aromatic heterocycles. The Morgan fingerprint density at radius 1 is 1.17 bits per heavy atom. The topological polar surface area (TPSA) is 88.2 Å². The highest BCUT2D eigenvalue weighted by Crippen LogP contribution is 2.09. The van der Waals surface area contributed by atoms with Gasteiger partial charge in [-0.3, -0.25) is 4.79 Å². The van der Waals surface area contributed by atoms with Crippen molar-refractivity contribution < 1.29 is 13.2 Å². The Morgan fingerprint density at radius 2 is 1.92 bits per heavy atom. The van der Waals surface area contributed by atoms with Crippen molar-refractivity contribution >= 4 is 27.8 Å². The van der Waals surface area contributed by atoms with E-state index in [1.807, 2.05) is 31.2 Å². The van der Waals surface area contributed by atoms with Gasteiger partial charge in [0.05, 0.1) is 0 Å². The molecular formula is C17H19N3O3S. The van der Waals surface area contributed by atoms with Crippen molar-refractivity contribution in [2.75, 3.05) is 11.9 Å².